The minimum absolute atomic E-state index is 0.00557. The number of carbonyl (C=O) groups is 2. The second-order valence-electron chi connectivity index (χ2n) is 6.82. The van der Waals surface area contributed by atoms with Crippen LogP contribution in [0.15, 0.2) is 47.4 Å². The Morgan fingerprint density at radius 2 is 1.97 bits per heavy atom. The van der Waals surface area contributed by atoms with Crippen LogP contribution in [0.3, 0.4) is 0 Å². The molecule has 2 aromatic rings. The smallest absolute Gasteiger partial charge is 0.303 e. The van der Waals surface area contributed by atoms with Gasteiger partial charge in [-0.15, -0.1) is 0 Å². The summed E-state index contributed by atoms with van der Waals surface area (Å²) in [6.45, 7) is 1.91. The standard InChI is InChI=1S/C20H22N2O6S/c1-13-11-15(8-9-18(13)28-10-4-7-19(23)24)29(26,27)22-16-6-3-2-5-14(16)12-17(22)20(21)25/h2-3,5-6,8-9,11,17H,4,7,10,12H2,1H3,(H2,21,25)(H,23,24)/t17-/m0/s1. The van der Waals surface area contributed by atoms with E-state index in [1.54, 1.807) is 31.2 Å². The molecule has 0 spiro atoms. The van der Waals surface area contributed by atoms with Gasteiger partial charge in [0.2, 0.25) is 5.91 Å². The summed E-state index contributed by atoms with van der Waals surface area (Å²) in [5.74, 6) is -1.14. The Kier molecular flexibility index (Phi) is 5.78. The first kappa shape index (κ1) is 20.7. The van der Waals surface area contributed by atoms with Crippen LogP contribution in [-0.2, 0) is 26.0 Å². The van der Waals surface area contributed by atoms with Crippen molar-refractivity contribution in [2.24, 2.45) is 5.73 Å². The number of fused-ring (bicyclic) bond motifs is 1. The molecule has 0 radical (unpaired) electrons. The van der Waals surface area contributed by atoms with E-state index >= 15 is 0 Å². The van der Waals surface area contributed by atoms with E-state index in [0.29, 0.717) is 23.4 Å². The number of aryl methyl sites for hydroxylation is 1. The van der Waals surface area contributed by atoms with Gasteiger partial charge in [0.15, 0.2) is 0 Å². The summed E-state index contributed by atoms with van der Waals surface area (Å²) in [6, 6.07) is 10.4. The van der Waals surface area contributed by atoms with Crippen molar-refractivity contribution in [3.8, 4) is 5.75 Å². The van der Waals surface area contributed by atoms with Crippen molar-refractivity contribution >= 4 is 27.6 Å². The number of rotatable bonds is 8. The van der Waals surface area contributed by atoms with Gasteiger partial charge in [0.05, 0.1) is 17.2 Å². The molecule has 0 fully saturated rings. The summed E-state index contributed by atoms with van der Waals surface area (Å²) in [4.78, 5) is 22.5. The van der Waals surface area contributed by atoms with Gasteiger partial charge in [0.1, 0.15) is 11.8 Å². The molecule has 1 aliphatic rings. The Labute approximate surface area is 168 Å². The molecule has 8 nitrogen and oxygen atoms in total. The Balaban J connectivity index is 1.88. The van der Waals surface area contributed by atoms with Crippen molar-refractivity contribution in [2.75, 3.05) is 10.9 Å². The molecule has 3 rings (SSSR count). The summed E-state index contributed by atoms with van der Waals surface area (Å²) in [5, 5.41) is 8.67. The number of hydrogen-bond donors (Lipinski definition) is 2. The van der Waals surface area contributed by atoms with Crippen LogP contribution in [0.5, 0.6) is 5.75 Å². The number of sulfonamides is 1. The zero-order chi connectivity index (χ0) is 21.2. The monoisotopic (exact) mass is 418 g/mol. The molecule has 0 bridgehead atoms. The predicted octanol–water partition coefficient (Wildman–Crippen LogP) is 1.84. The highest BCUT2D eigenvalue weighted by molar-refractivity contribution is 7.93. The van der Waals surface area contributed by atoms with Crippen LogP contribution in [0.2, 0.25) is 0 Å². The number of carboxylic acid groups (broad SMARTS) is 1. The van der Waals surface area contributed by atoms with Gasteiger partial charge >= 0.3 is 5.97 Å². The quantitative estimate of drug-likeness (QED) is 0.630. The number of benzene rings is 2. The molecule has 0 saturated heterocycles. The third-order valence-corrected chi connectivity index (χ3v) is 6.57. The lowest BCUT2D eigenvalue weighted by atomic mass is 10.1. The first-order valence-electron chi connectivity index (χ1n) is 9.08. The van der Waals surface area contributed by atoms with Crippen LogP contribution in [0, 0.1) is 6.92 Å². The van der Waals surface area contributed by atoms with Gasteiger partial charge in [0.25, 0.3) is 10.0 Å². The molecule has 29 heavy (non-hydrogen) atoms. The van der Waals surface area contributed by atoms with Crippen LogP contribution in [-0.4, -0.2) is 38.0 Å². The van der Waals surface area contributed by atoms with Crippen molar-refractivity contribution in [2.45, 2.75) is 37.1 Å². The molecule has 1 amide bonds. The molecule has 0 aromatic heterocycles. The molecule has 9 heteroatoms. The van der Waals surface area contributed by atoms with Gasteiger partial charge < -0.3 is 15.6 Å². The van der Waals surface area contributed by atoms with E-state index in [-0.39, 0.29) is 24.3 Å². The topological polar surface area (TPSA) is 127 Å². The molecule has 1 aliphatic heterocycles. The Hall–Kier alpha value is -3.07. The van der Waals surface area contributed by atoms with Gasteiger partial charge in [-0.2, -0.15) is 0 Å². The van der Waals surface area contributed by atoms with Crippen LogP contribution in [0.1, 0.15) is 24.0 Å². The van der Waals surface area contributed by atoms with E-state index in [9.17, 15) is 18.0 Å². The maximum Gasteiger partial charge on any atom is 0.303 e. The highest BCUT2D eigenvalue weighted by atomic mass is 32.2. The number of carbonyl (C=O) groups excluding carboxylic acids is 1. The predicted molar refractivity (Wildman–Crippen MR) is 106 cm³/mol. The van der Waals surface area contributed by atoms with Crippen LogP contribution in [0.25, 0.3) is 0 Å². The molecule has 1 heterocycles. The first-order valence-corrected chi connectivity index (χ1v) is 10.5. The molecule has 0 saturated carbocycles. The Morgan fingerprint density at radius 1 is 1.24 bits per heavy atom. The van der Waals surface area contributed by atoms with Crippen molar-refractivity contribution in [1.29, 1.82) is 0 Å². The number of aliphatic carboxylic acids is 1. The van der Waals surface area contributed by atoms with Gasteiger partial charge in [-0.05, 0) is 48.7 Å². The highest BCUT2D eigenvalue weighted by Crippen LogP contribution is 2.37. The van der Waals surface area contributed by atoms with Crippen molar-refractivity contribution < 1.29 is 27.9 Å². The van der Waals surface area contributed by atoms with Gasteiger partial charge in [-0.1, -0.05) is 18.2 Å². The molecule has 0 unspecified atom stereocenters. The summed E-state index contributed by atoms with van der Waals surface area (Å²) < 4.78 is 33.3. The van der Waals surface area contributed by atoms with E-state index in [1.807, 2.05) is 0 Å². The summed E-state index contributed by atoms with van der Waals surface area (Å²) in [7, 11) is -4.02. The van der Waals surface area contributed by atoms with Crippen molar-refractivity contribution in [3.05, 3.63) is 53.6 Å². The lowest BCUT2D eigenvalue weighted by molar-refractivity contribution is -0.137. The van der Waals surface area contributed by atoms with Gasteiger partial charge in [-0.25, -0.2) is 8.42 Å². The lowest BCUT2D eigenvalue weighted by Crippen LogP contribution is -2.46. The van der Waals surface area contributed by atoms with Gasteiger partial charge in [-0.3, -0.25) is 13.9 Å². The molecule has 0 aliphatic carbocycles. The minimum atomic E-state index is -4.02. The number of anilines is 1. The lowest BCUT2D eigenvalue weighted by Gasteiger charge is -2.25. The molecular weight excluding hydrogens is 396 g/mol. The highest BCUT2D eigenvalue weighted by Gasteiger charge is 2.41. The zero-order valence-corrected chi connectivity index (χ0v) is 16.7. The minimum Gasteiger partial charge on any atom is -0.493 e. The third-order valence-electron chi connectivity index (χ3n) is 4.75. The van der Waals surface area contributed by atoms with Crippen LogP contribution in [0.4, 0.5) is 5.69 Å². The number of primary amides is 1. The van der Waals surface area contributed by atoms with E-state index in [2.05, 4.69) is 0 Å². The van der Waals surface area contributed by atoms with Crippen molar-refractivity contribution in [3.63, 3.8) is 0 Å². The molecule has 3 N–H and O–H groups in total. The van der Waals surface area contributed by atoms with E-state index in [4.69, 9.17) is 15.6 Å². The number of para-hydroxylation sites is 1. The Morgan fingerprint density at radius 3 is 2.62 bits per heavy atom. The second-order valence-corrected chi connectivity index (χ2v) is 8.64. The average molecular weight is 418 g/mol. The second kappa shape index (κ2) is 8.12. The van der Waals surface area contributed by atoms with Crippen LogP contribution >= 0.6 is 0 Å². The molecule has 2 aromatic carbocycles. The van der Waals surface area contributed by atoms with E-state index < -0.39 is 27.9 Å². The fourth-order valence-electron chi connectivity index (χ4n) is 3.33. The number of amides is 1. The summed E-state index contributed by atoms with van der Waals surface area (Å²) in [6.07, 6.45) is 0.572. The fourth-order valence-corrected chi connectivity index (χ4v) is 5.08. The average Bonchev–Trinajstić information content (AvgIpc) is 3.06. The maximum absolute atomic E-state index is 13.3. The van der Waals surface area contributed by atoms with Gasteiger partial charge in [0, 0.05) is 12.8 Å². The number of carboxylic acids is 1. The largest absolute Gasteiger partial charge is 0.493 e. The number of ether oxygens (including phenoxy) is 1. The normalized spacial score (nSPS) is 15.8. The molecule has 1 atom stereocenters. The number of hydrogen-bond acceptors (Lipinski definition) is 5. The van der Waals surface area contributed by atoms with E-state index in [0.717, 1.165) is 9.87 Å². The van der Waals surface area contributed by atoms with E-state index in [1.165, 1.54) is 18.2 Å². The Bertz CT molecular complexity index is 1050. The number of nitrogens with two attached hydrogens (primary N) is 1. The summed E-state index contributed by atoms with van der Waals surface area (Å²) >= 11 is 0. The SMILES string of the molecule is Cc1cc(S(=O)(=O)N2c3ccccc3C[C@H]2C(N)=O)ccc1OCCCC(=O)O. The molecular formula is C20H22N2O6S. The fraction of sp³-hybridized carbons (Fsp3) is 0.300. The third kappa shape index (κ3) is 4.19. The molecule has 154 valence electrons. The maximum atomic E-state index is 13.3. The van der Waals surface area contributed by atoms with Crippen molar-refractivity contribution in [1.82, 2.24) is 0 Å². The first-order chi connectivity index (χ1) is 13.7. The zero-order valence-electron chi connectivity index (χ0n) is 15.9. The number of nitrogens with zero attached hydrogens (tertiary/aromatic N) is 1. The summed E-state index contributed by atoms with van der Waals surface area (Å²) in [5.41, 5.74) is 7.26. The van der Waals surface area contributed by atoms with Crippen LogP contribution < -0.4 is 14.8 Å².